The standard InChI is InChI=1S/C18H16N4O3/c1-11(23-15-9-5-7-13-6-3-4-8-14(13)15)18-20-17(22-25-18)10-16-19-12(2)24-21-16/h3-9,11H,10H2,1-2H3/t11-/m1/s1. The van der Waals surface area contributed by atoms with E-state index >= 15 is 0 Å². The van der Waals surface area contributed by atoms with Crippen LogP contribution in [0.2, 0.25) is 0 Å². The third-order valence-corrected chi connectivity index (χ3v) is 3.77. The van der Waals surface area contributed by atoms with Crippen LogP contribution in [0.15, 0.2) is 51.5 Å². The van der Waals surface area contributed by atoms with E-state index in [4.69, 9.17) is 13.8 Å². The Kier molecular flexibility index (Phi) is 3.89. The van der Waals surface area contributed by atoms with E-state index in [2.05, 4.69) is 20.3 Å². The normalized spacial score (nSPS) is 12.4. The number of nitrogens with zero attached hydrogens (tertiary/aromatic N) is 4. The van der Waals surface area contributed by atoms with Gasteiger partial charge in [-0.3, -0.25) is 0 Å². The Hall–Kier alpha value is -3.22. The number of rotatable bonds is 5. The van der Waals surface area contributed by atoms with Gasteiger partial charge in [-0.05, 0) is 18.4 Å². The molecule has 0 aliphatic rings. The maximum Gasteiger partial charge on any atom is 0.267 e. The molecule has 0 aliphatic carbocycles. The molecule has 0 amide bonds. The summed E-state index contributed by atoms with van der Waals surface area (Å²) in [5.41, 5.74) is 0. The lowest BCUT2D eigenvalue weighted by molar-refractivity contribution is 0.178. The molecule has 2 aromatic heterocycles. The summed E-state index contributed by atoms with van der Waals surface area (Å²) in [4.78, 5) is 8.50. The van der Waals surface area contributed by atoms with Crippen LogP contribution in [0, 0.1) is 6.92 Å². The number of hydrogen-bond acceptors (Lipinski definition) is 7. The largest absolute Gasteiger partial charge is 0.480 e. The molecule has 0 aliphatic heterocycles. The van der Waals surface area contributed by atoms with Gasteiger partial charge in [0.25, 0.3) is 5.89 Å². The first-order valence-electron chi connectivity index (χ1n) is 7.95. The average molecular weight is 336 g/mol. The van der Waals surface area contributed by atoms with Crippen LogP contribution in [0.5, 0.6) is 5.75 Å². The molecule has 0 fully saturated rings. The fraction of sp³-hybridized carbons (Fsp3) is 0.222. The Bertz CT molecular complexity index is 1000. The first-order chi connectivity index (χ1) is 12.2. The smallest absolute Gasteiger partial charge is 0.267 e. The summed E-state index contributed by atoms with van der Waals surface area (Å²) in [5.74, 6) is 2.70. The Balaban J connectivity index is 1.52. The topological polar surface area (TPSA) is 87.1 Å². The second-order valence-electron chi connectivity index (χ2n) is 5.69. The molecular formula is C18H16N4O3. The highest BCUT2D eigenvalue weighted by Gasteiger charge is 2.18. The molecule has 4 aromatic rings. The van der Waals surface area contributed by atoms with Crippen LogP contribution in [-0.4, -0.2) is 20.3 Å². The van der Waals surface area contributed by atoms with E-state index < -0.39 is 0 Å². The van der Waals surface area contributed by atoms with Crippen molar-refractivity contribution in [1.29, 1.82) is 0 Å². The molecule has 0 spiro atoms. The Morgan fingerprint density at radius 1 is 0.960 bits per heavy atom. The highest BCUT2D eigenvalue weighted by molar-refractivity contribution is 5.88. The van der Waals surface area contributed by atoms with Crippen molar-refractivity contribution in [1.82, 2.24) is 20.3 Å². The van der Waals surface area contributed by atoms with Gasteiger partial charge in [0.15, 0.2) is 17.8 Å². The van der Waals surface area contributed by atoms with Crippen molar-refractivity contribution in [3.63, 3.8) is 0 Å². The first-order valence-corrected chi connectivity index (χ1v) is 7.95. The number of ether oxygens (including phenoxy) is 1. The summed E-state index contributed by atoms with van der Waals surface area (Å²) in [6.07, 6.45) is -0.0268. The van der Waals surface area contributed by atoms with Gasteiger partial charge in [-0.2, -0.15) is 9.97 Å². The van der Waals surface area contributed by atoms with E-state index in [1.807, 2.05) is 49.4 Å². The maximum atomic E-state index is 6.04. The fourth-order valence-corrected chi connectivity index (χ4v) is 2.60. The van der Waals surface area contributed by atoms with E-state index in [0.717, 1.165) is 16.5 Å². The van der Waals surface area contributed by atoms with Gasteiger partial charge in [0.05, 0.1) is 6.42 Å². The van der Waals surface area contributed by atoms with E-state index in [-0.39, 0.29) is 6.10 Å². The number of aromatic nitrogens is 4. The molecule has 0 N–H and O–H groups in total. The molecule has 126 valence electrons. The molecule has 25 heavy (non-hydrogen) atoms. The van der Waals surface area contributed by atoms with E-state index in [1.54, 1.807) is 6.92 Å². The molecule has 0 saturated heterocycles. The quantitative estimate of drug-likeness (QED) is 0.550. The van der Waals surface area contributed by atoms with Crippen molar-refractivity contribution in [2.24, 2.45) is 0 Å². The predicted octanol–water partition coefficient (Wildman–Crippen LogP) is 3.65. The van der Waals surface area contributed by atoms with Gasteiger partial charge in [0, 0.05) is 12.3 Å². The number of hydrogen-bond donors (Lipinski definition) is 0. The van der Waals surface area contributed by atoms with Gasteiger partial charge < -0.3 is 13.8 Å². The molecule has 7 heteroatoms. The zero-order valence-electron chi connectivity index (χ0n) is 13.8. The van der Waals surface area contributed by atoms with Crippen molar-refractivity contribution in [2.45, 2.75) is 26.4 Å². The zero-order valence-corrected chi connectivity index (χ0v) is 13.8. The lowest BCUT2D eigenvalue weighted by atomic mass is 10.1. The maximum absolute atomic E-state index is 6.04. The summed E-state index contributed by atoms with van der Waals surface area (Å²) in [5, 5.41) is 9.94. The number of fused-ring (bicyclic) bond motifs is 1. The van der Waals surface area contributed by atoms with Crippen molar-refractivity contribution < 1.29 is 13.8 Å². The molecule has 4 rings (SSSR count). The van der Waals surface area contributed by atoms with Gasteiger partial charge in [-0.15, -0.1) is 0 Å². The molecule has 0 radical (unpaired) electrons. The van der Waals surface area contributed by atoms with E-state index in [0.29, 0.717) is 29.9 Å². The molecule has 2 aromatic carbocycles. The van der Waals surface area contributed by atoms with Crippen LogP contribution in [0.3, 0.4) is 0 Å². The summed E-state index contributed by atoms with van der Waals surface area (Å²) >= 11 is 0. The minimum Gasteiger partial charge on any atom is -0.480 e. The van der Waals surface area contributed by atoms with Crippen LogP contribution >= 0.6 is 0 Å². The minimum absolute atomic E-state index is 0.349. The van der Waals surface area contributed by atoms with Crippen molar-refractivity contribution in [2.75, 3.05) is 0 Å². The van der Waals surface area contributed by atoms with Gasteiger partial charge in [-0.1, -0.05) is 46.7 Å². The summed E-state index contributed by atoms with van der Waals surface area (Å²) in [6.45, 7) is 3.61. The van der Waals surface area contributed by atoms with Crippen molar-refractivity contribution in [3.8, 4) is 5.75 Å². The van der Waals surface area contributed by atoms with Crippen molar-refractivity contribution >= 4 is 10.8 Å². The SMILES string of the molecule is Cc1nc(Cc2noc([C@@H](C)Oc3cccc4ccccc34)n2)no1. The summed E-state index contributed by atoms with van der Waals surface area (Å²) in [7, 11) is 0. The Labute approximate surface area is 143 Å². The second kappa shape index (κ2) is 6.35. The Morgan fingerprint density at radius 3 is 2.56 bits per heavy atom. The molecule has 0 bridgehead atoms. The van der Waals surface area contributed by atoms with Crippen LogP contribution in [0.4, 0.5) is 0 Å². The summed E-state index contributed by atoms with van der Waals surface area (Å²) < 4.78 is 16.3. The lowest BCUT2D eigenvalue weighted by Gasteiger charge is -2.12. The van der Waals surface area contributed by atoms with Gasteiger partial charge in [-0.25, -0.2) is 0 Å². The van der Waals surface area contributed by atoms with Gasteiger partial charge in [0.1, 0.15) is 5.75 Å². The third kappa shape index (κ3) is 3.21. The van der Waals surface area contributed by atoms with E-state index in [9.17, 15) is 0 Å². The monoisotopic (exact) mass is 336 g/mol. The van der Waals surface area contributed by atoms with Gasteiger partial charge in [0.2, 0.25) is 5.89 Å². The van der Waals surface area contributed by atoms with Crippen LogP contribution in [0.25, 0.3) is 10.8 Å². The van der Waals surface area contributed by atoms with Crippen LogP contribution in [0.1, 0.15) is 36.5 Å². The lowest BCUT2D eigenvalue weighted by Crippen LogP contribution is -2.04. The second-order valence-corrected chi connectivity index (χ2v) is 5.69. The number of aryl methyl sites for hydroxylation is 1. The highest BCUT2D eigenvalue weighted by Crippen LogP contribution is 2.29. The fourth-order valence-electron chi connectivity index (χ4n) is 2.60. The minimum atomic E-state index is -0.376. The summed E-state index contributed by atoms with van der Waals surface area (Å²) in [6, 6.07) is 14.0. The van der Waals surface area contributed by atoms with Crippen LogP contribution < -0.4 is 4.74 Å². The predicted molar refractivity (Wildman–Crippen MR) is 89.1 cm³/mol. The van der Waals surface area contributed by atoms with Gasteiger partial charge >= 0.3 is 0 Å². The first kappa shape index (κ1) is 15.3. The molecule has 2 heterocycles. The number of benzene rings is 2. The highest BCUT2D eigenvalue weighted by atomic mass is 16.5. The van der Waals surface area contributed by atoms with Crippen molar-refractivity contribution in [3.05, 3.63) is 65.9 Å². The Morgan fingerprint density at radius 2 is 1.72 bits per heavy atom. The van der Waals surface area contributed by atoms with Crippen LogP contribution in [-0.2, 0) is 6.42 Å². The molecule has 0 saturated carbocycles. The molecule has 1 atom stereocenters. The average Bonchev–Trinajstić information content (AvgIpc) is 3.25. The zero-order chi connectivity index (χ0) is 17.2. The van der Waals surface area contributed by atoms with E-state index in [1.165, 1.54) is 0 Å². The molecule has 0 unspecified atom stereocenters. The third-order valence-electron chi connectivity index (χ3n) is 3.77. The molecule has 7 nitrogen and oxygen atoms in total. The molecular weight excluding hydrogens is 320 g/mol.